The van der Waals surface area contributed by atoms with E-state index in [1.807, 2.05) is 0 Å². The molecule has 0 aromatic rings. The van der Waals surface area contributed by atoms with Gasteiger partial charge in [0.2, 0.25) is 5.91 Å². The molecule has 0 spiro atoms. The van der Waals surface area contributed by atoms with E-state index in [1.54, 1.807) is 0 Å². The minimum Gasteiger partial charge on any atom is -0.273 e. The van der Waals surface area contributed by atoms with E-state index >= 15 is 0 Å². The highest BCUT2D eigenvalue weighted by Gasteiger charge is 2.46. The monoisotopic (exact) mass is 274 g/mol. The molecule has 0 aromatic carbocycles. The summed E-state index contributed by atoms with van der Waals surface area (Å²) in [6.07, 6.45) is 12.7. The van der Waals surface area contributed by atoms with E-state index in [1.165, 1.54) is 57.1 Å². The Morgan fingerprint density at radius 2 is 1.50 bits per heavy atom. The molecule has 1 amide bonds. The quantitative estimate of drug-likeness (QED) is 0.769. The Hall–Kier alpha value is -0.860. The third-order valence-electron chi connectivity index (χ3n) is 6.25. The van der Waals surface area contributed by atoms with Gasteiger partial charge in [-0.15, -0.1) is 0 Å². The van der Waals surface area contributed by atoms with E-state index in [4.69, 9.17) is 0 Å². The minimum absolute atomic E-state index is 0.186. The van der Waals surface area contributed by atoms with Crippen LogP contribution in [0.4, 0.5) is 0 Å². The second-order valence-corrected chi connectivity index (χ2v) is 7.65. The number of nitrogens with one attached hydrogen (secondary N) is 1. The van der Waals surface area contributed by atoms with Gasteiger partial charge >= 0.3 is 0 Å². The smallest absolute Gasteiger partial charge is 0.243 e. The Bertz CT molecular complexity index is 393. The van der Waals surface area contributed by atoms with E-state index in [-0.39, 0.29) is 11.8 Å². The zero-order valence-corrected chi connectivity index (χ0v) is 12.3. The molecule has 0 heterocycles. The molecule has 5 rings (SSSR count). The van der Waals surface area contributed by atoms with Crippen molar-refractivity contribution in [1.82, 2.24) is 5.43 Å². The van der Waals surface area contributed by atoms with Crippen LogP contribution in [0.1, 0.15) is 64.2 Å². The summed E-state index contributed by atoms with van der Waals surface area (Å²) in [5, 5.41) is 4.61. The van der Waals surface area contributed by atoms with Crippen molar-refractivity contribution in [3.05, 3.63) is 0 Å². The molecule has 5 saturated carbocycles. The second-order valence-electron chi connectivity index (χ2n) is 7.65. The average Bonchev–Trinajstić information content (AvgIpc) is 2.46. The van der Waals surface area contributed by atoms with Crippen LogP contribution in [-0.4, -0.2) is 11.6 Å². The number of hydrogen-bond acceptors (Lipinski definition) is 2. The highest BCUT2D eigenvalue weighted by molar-refractivity contribution is 5.92. The Labute approximate surface area is 121 Å². The first-order chi connectivity index (χ1) is 9.79. The lowest BCUT2D eigenvalue weighted by atomic mass is 9.55. The fourth-order valence-corrected chi connectivity index (χ4v) is 5.43. The van der Waals surface area contributed by atoms with Gasteiger partial charge in [-0.3, -0.25) is 4.79 Å². The van der Waals surface area contributed by atoms with Crippen LogP contribution < -0.4 is 5.43 Å². The van der Waals surface area contributed by atoms with Crippen molar-refractivity contribution in [3.63, 3.8) is 0 Å². The third-order valence-corrected chi connectivity index (χ3v) is 6.25. The SMILES string of the molecule is O=C(NN=C1C2CC3CC(C2)CC1C3)C1CCCCC1. The Morgan fingerprint density at radius 3 is 2.10 bits per heavy atom. The van der Waals surface area contributed by atoms with Crippen molar-refractivity contribution >= 4 is 11.6 Å². The lowest BCUT2D eigenvalue weighted by Crippen LogP contribution is -2.46. The first kappa shape index (κ1) is 12.8. The molecule has 0 radical (unpaired) electrons. The molecule has 110 valence electrons. The summed E-state index contributed by atoms with van der Waals surface area (Å²) in [6.45, 7) is 0. The lowest BCUT2D eigenvalue weighted by Gasteiger charge is -2.50. The summed E-state index contributed by atoms with van der Waals surface area (Å²) < 4.78 is 0. The number of rotatable bonds is 2. The van der Waals surface area contributed by atoms with Gasteiger partial charge in [0, 0.05) is 11.6 Å². The number of amides is 1. The topological polar surface area (TPSA) is 41.5 Å². The molecule has 0 aliphatic heterocycles. The van der Waals surface area contributed by atoms with Crippen molar-refractivity contribution in [2.45, 2.75) is 64.2 Å². The number of carbonyl (C=O) groups is 1. The summed E-state index contributed by atoms with van der Waals surface area (Å²) in [7, 11) is 0. The molecule has 5 fully saturated rings. The molecule has 20 heavy (non-hydrogen) atoms. The zero-order chi connectivity index (χ0) is 13.5. The Balaban J connectivity index is 1.41. The van der Waals surface area contributed by atoms with Crippen LogP contribution in [0.25, 0.3) is 0 Å². The molecular weight excluding hydrogens is 248 g/mol. The molecule has 0 saturated heterocycles. The number of carbonyl (C=O) groups excluding carboxylic acids is 1. The fourth-order valence-electron chi connectivity index (χ4n) is 5.43. The molecule has 4 bridgehead atoms. The maximum atomic E-state index is 12.2. The van der Waals surface area contributed by atoms with Gasteiger partial charge in [-0.1, -0.05) is 19.3 Å². The van der Waals surface area contributed by atoms with Crippen LogP contribution >= 0.6 is 0 Å². The predicted octanol–water partition coefficient (Wildman–Crippen LogP) is 3.50. The molecule has 0 unspecified atom stereocenters. The predicted molar refractivity (Wildman–Crippen MR) is 79.2 cm³/mol. The fraction of sp³-hybridized carbons (Fsp3) is 0.882. The van der Waals surface area contributed by atoms with E-state index in [0.29, 0.717) is 11.8 Å². The largest absolute Gasteiger partial charge is 0.273 e. The van der Waals surface area contributed by atoms with E-state index < -0.39 is 0 Å². The van der Waals surface area contributed by atoms with E-state index in [2.05, 4.69) is 10.5 Å². The standard InChI is InChI=1S/C17H26N2O/c20-17(13-4-2-1-3-5-13)19-18-16-14-7-11-6-12(9-14)10-15(16)8-11/h11-15H,1-10H2,(H,19,20). The van der Waals surface area contributed by atoms with Crippen molar-refractivity contribution < 1.29 is 4.79 Å². The maximum Gasteiger partial charge on any atom is 0.243 e. The van der Waals surface area contributed by atoms with Gasteiger partial charge in [0.25, 0.3) is 0 Å². The Morgan fingerprint density at radius 1 is 0.900 bits per heavy atom. The minimum atomic E-state index is 0.186. The van der Waals surface area contributed by atoms with Gasteiger partial charge in [0.15, 0.2) is 0 Å². The highest BCUT2D eigenvalue weighted by Crippen LogP contribution is 2.52. The van der Waals surface area contributed by atoms with Gasteiger partial charge in [0.1, 0.15) is 0 Å². The summed E-state index contributed by atoms with van der Waals surface area (Å²) in [4.78, 5) is 12.2. The molecule has 5 aliphatic carbocycles. The van der Waals surface area contributed by atoms with Gasteiger partial charge in [-0.25, -0.2) is 5.43 Å². The average molecular weight is 274 g/mol. The molecule has 3 nitrogen and oxygen atoms in total. The highest BCUT2D eigenvalue weighted by atomic mass is 16.2. The van der Waals surface area contributed by atoms with Crippen LogP contribution in [0, 0.1) is 29.6 Å². The van der Waals surface area contributed by atoms with Crippen molar-refractivity contribution in [3.8, 4) is 0 Å². The Kier molecular flexibility index (Phi) is 3.31. The van der Waals surface area contributed by atoms with Crippen LogP contribution in [0.3, 0.4) is 0 Å². The van der Waals surface area contributed by atoms with Gasteiger partial charge in [-0.05, 0) is 68.6 Å². The second kappa shape index (κ2) is 5.16. The van der Waals surface area contributed by atoms with Crippen molar-refractivity contribution in [1.29, 1.82) is 0 Å². The zero-order valence-electron chi connectivity index (χ0n) is 12.3. The van der Waals surface area contributed by atoms with Crippen LogP contribution in [-0.2, 0) is 4.79 Å². The number of hydrogen-bond donors (Lipinski definition) is 1. The van der Waals surface area contributed by atoms with Crippen molar-refractivity contribution in [2.24, 2.45) is 34.7 Å². The summed E-state index contributed by atoms with van der Waals surface area (Å²) in [5.41, 5.74) is 4.28. The molecule has 3 heteroatoms. The molecule has 1 N–H and O–H groups in total. The van der Waals surface area contributed by atoms with Crippen LogP contribution in [0.5, 0.6) is 0 Å². The molecule has 0 aromatic heterocycles. The van der Waals surface area contributed by atoms with Gasteiger partial charge in [-0.2, -0.15) is 5.10 Å². The summed E-state index contributed by atoms with van der Waals surface area (Å²) in [5.74, 6) is 3.72. The number of nitrogens with zero attached hydrogens (tertiary/aromatic N) is 1. The molecule has 5 aliphatic rings. The normalized spacial score (nSPS) is 39.9. The third kappa shape index (κ3) is 2.29. The summed E-state index contributed by atoms with van der Waals surface area (Å²) >= 11 is 0. The maximum absolute atomic E-state index is 12.2. The lowest BCUT2D eigenvalue weighted by molar-refractivity contribution is -0.125. The first-order valence-corrected chi connectivity index (χ1v) is 8.67. The van der Waals surface area contributed by atoms with Gasteiger partial charge < -0.3 is 0 Å². The van der Waals surface area contributed by atoms with Crippen LogP contribution in [0.2, 0.25) is 0 Å². The van der Waals surface area contributed by atoms with E-state index in [9.17, 15) is 4.79 Å². The number of hydrazone groups is 1. The van der Waals surface area contributed by atoms with Crippen molar-refractivity contribution in [2.75, 3.05) is 0 Å². The van der Waals surface area contributed by atoms with Crippen LogP contribution in [0.15, 0.2) is 5.10 Å². The molecule has 0 atom stereocenters. The first-order valence-electron chi connectivity index (χ1n) is 8.67. The molecular formula is C17H26N2O. The summed E-state index contributed by atoms with van der Waals surface area (Å²) in [6, 6.07) is 0. The van der Waals surface area contributed by atoms with E-state index in [0.717, 1.165) is 24.7 Å². The van der Waals surface area contributed by atoms with Gasteiger partial charge in [0.05, 0.1) is 0 Å².